The van der Waals surface area contributed by atoms with Crippen LogP contribution in [-0.4, -0.2) is 82.3 Å². The van der Waals surface area contributed by atoms with Crippen LogP contribution < -0.4 is 5.11 Å². The maximum atomic E-state index is 12.9. The molecule has 0 amide bonds. The fourth-order valence-corrected chi connectivity index (χ4v) is 8.53. The minimum Gasteiger partial charge on any atom is -0.545 e. The SMILES string of the molecule is CC/C=C\C/C=C\C/C=C\C/C=C\C/C=C\C/C=C\C/C=C\C/C=C\C/C=C\C/C=C\CCCCCCCCCCCCC(=O)OC(COC(=O)CCCCCCC/C=C\C/C=C\C/C=C\C/C=C\C/C=C\CC)COC(OCC[N+](C)(C)C)C(=O)[O-]. The Hall–Kier alpha value is -5.61. The Kier molecular flexibility index (Phi) is 62.1. The highest BCUT2D eigenvalue weighted by Crippen LogP contribution is 2.15. The third kappa shape index (κ3) is 67.8. The molecule has 9 heteroatoms. The molecule has 0 radical (unpaired) electrons. The van der Waals surface area contributed by atoms with Gasteiger partial charge in [-0.2, -0.15) is 0 Å². The number of carbonyl (C=O) groups excluding carboxylic acids is 3. The van der Waals surface area contributed by atoms with Crippen molar-refractivity contribution in [1.82, 2.24) is 0 Å². The molecule has 0 aromatic heterocycles. The van der Waals surface area contributed by atoms with Crippen molar-refractivity contribution < 1.29 is 42.9 Å². The van der Waals surface area contributed by atoms with Gasteiger partial charge in [-0.25, -0.2) is 0 Å². The number of carboxylic acids is 1. The molecule has 9 nitrogen and oxygen atoms in total. The van der Waals surface area contributed by atoms with E-state index in [0.717, 1.165) is 154 Å². The number of hydrogen-bond donors (Lipinski definition) is 0. The summed E-state index contributed by atoms with van der Waals surface area (Å²) in [7, 11) is 5.91. The summed E-state index contributed by atoms with van der Waals surface area (Å²) >= 11 is 0. The number of aliphatic carboxylic acids is 1. The maximum absolute atomic E-state index is 12.9. The molecule has 87 heavy (non-hydrogen) atoms. The van der Waals surface area contributed by atoms with Crippen LogP contribution in [0.4, 0.5) is 0 Å². The van der Waals surface area contributed by atoms with Crippen molar-refractivity contribution in [2.75, 3.05) is 47.5 Å². The van der Waals surface area contributed by atoms with Crippen molar-refractivity contribution >= 4 is 17.9 Å². The van der Waals surface area contributed by atoms with Gasteiger partial charge in [0.2, 0.25) is 0 Å². The van der Waals surface area contributed by atoms with Crippen molar-refractivity contribution in [2.24, 2.45) is 0 Å². The van der Waals surface area contributed by atoms with Crippen LogP contribution in [0.1, 0.15) is 232 Å². The second-order valence-corrected chi connectivity index (χ2v) is 23.0. The van der Waals surface area contributed by atoms with Gasteiger partial charge in [0.1, 0.15) is 13.2 Å². The predicted molar refractivity (Wildman–Crippen MR) is 370 cm³/mol. The van der Waals surface area contributed by atoms with Gasteiger partial charge in [-0.1, -0.05) is 267 Å². The Bertz CT molecular complexity index is 2080. The number of quaternary nitrogens is 1. The lowest BCUT2D eigenvalue weighted by atomic mass is 10.0. The fraction of sp³-hybridized carbons (Fsp3) is 0.577. The number of rotatable bonds is 60. The van der Waals surface area contributed by atoms with E-state index in [1.165, 1.54) is 38.5 Å². The molecule has 0 aromatic rings. The topological polar surface area (TPSA) is 111 Å². The van der Waals surface area contributed by atoms with Gasteiger partial charge in [-0.3, -0.25) is 9.59 Å². The van der Waals surface area contributed by atoms with Crippen molar-refractivity contribution in [2.45, 2.75) is 245 Å². The molecule has 0 aromatic carbocycles. The highest BCUT2D eigenvalue weighted by molar-refractivity contribution is 5.70. The number of likely N-dealkylation sites (N-methyl/N-ethyl adjacent to an activating group) is 1. The maximum Gasteiger partial charge on any atom is 0.306 e. The number of nitrogens with zero attached hydrogens (tertiary/aromatic N) is 1. The first-order valence-electron chi connectivity index (χ1n) is 33.9. The molecule has 0 saturated carbocycles. The Morgan fingerprint density at radius 3 is 0.920 bits per heavy atom. The van der Waals surface area contributed by atoms with Crippen LogP contribution in [0, 0.1) is 0 Å². The van der Waals surface area contributed by atoms with Crippen molar-refractivity contribution in [3.8, 4) is 0 Å². The minimum atomic E-state index is -1.64. The molecule has 2 unspecified atom stereocenters. The summed E-state index contributed by atoms with van der Waals surface area (Å²) in [5, 5.41) is 11.8. The predicted octanol–water partition coefficient (Wildman–Crippen LogP) is 19.9. The van der Waals surface area contributed by atoms with Gasteiger partial charge in [0, 0.05) is 12.8 Å². The van der Waals surface area contributed by atoms with Crippen LogP contribution >= 0.6 is 0 Å². The average Bonchev–Trinajstić information content (AvgIpc) is 3.59. The Morgan fingerprint density at radius 2 is 0.621 bits per heavy atom. The van der Waals surface area contributed by atoms with E-state index in [2.05, 4.69) is 196 Å². The van der Waals surface area contributed by atoms with Gasteiger partial charge in [0.25, 0.3) is 0 Å². The third-order valence-electron chi connectivity index (χ3n) is 13.6. The molecule has 0 rings (SSSR count). The summed E-state index contributed by atoms with van der Waals surface area (Å²) in [5.74, 6) is -2.33. The summed E-state index contributed by atoms with van der Waals surface area (Å²) in [4.78, 5) is 37.4. The van der Waals surface area contributed by atoms with E-state index in [1.54, 1.807) is 0 Å². The smallest absolute Gasteiger partial charge is 0.306 e. The van der Waals surface area contributed by atoms with E-state index in [9.17, 15) is 19.5 Å². The highest BCUT2D eigenvalue weighted by atomic mass is 16.7. The van der Waals surface area contributed by atoms with Crippen LogP contribution in [0.5, 0.6) is 0 Å². The highest BCUT2D eigenvalue weighted by Gasteiger charge is 2.22. The average molecular weight is 1200 g/mol. The van der Waals surface area contributed by atoms with E-state index >= 15 is 0 Å². The zero-order valence-electron chi connectivity index (χ0n) is 55.6. The summed E-state index contributed by atoms with van der Waals surface area (Å²) in [6.07, 6.45) is 98.2. The number of allylic oxidation sites excluding steroid dienone is 30. The van der Waals surface area contributed by atoms with Gasteiger partial charge in [0.05, 0.1) is 40.3 Å². The summed E-state index contributed by atoms with van der Waals surface area (Å²) in [6, 6.07) is 0. The third-order valence-corrected chi connectivity index (χ3v) is 13.6. The first kappa shape index (κ1) is 81.4. The first-order chi connectivity index (χ1) is 42.6. The summed E-state index contributed by atoms with van der Waals surface area (Å²) < 4.78 is 22.7. The molecule has 0 bridgehead atoms. The number of ether oxygens (including phenoxy) is 4. The molecule has 2 atom stereocenters. The molecular weight excluding hydrogens is 1080 g/mol. The number of carboxylic acid groups (broad SMARTS) is 1. The molecule has 0 spiro atoms. The monoisotopic (exact) mass is 1200 g/mol. The standard InChI is InChI=1S/C78H123NO8/c1-6-8-10-12-14-16-18-20-22-24-26-28-29-30-31-32-33-34-35-36-37-38-39-40-41-42-43-44-45-46-47-49-51-53-55-57-59-61-63-65-67-69-76(81)87-74(73-86-78(77(82)83)84-71-70-79(3,4)5)72-85-75(80)68-66-64-62-60-58-56-54-52-50-48-27-25-23-21-19-17-15-13-11-9-7-2/h8-11,14-17,20-23,26-28,30-31,33-34,36-37,39-40,42-43,45-46,48,52,54,74,78H,6-7,12-13,18-19,24-25,29,32,35,38,41,44,47,49-51,53,55-73H2,1-5H3/b10-8-,11-9-,16-14-,17-15-,22-20-,23-21-,28-26-,31-30-,34-33-,37-36-,40-39-,43-42-,46-45-,48-27-,54-52-. The van der Waals surface area contributed by atoms with Crippen LogP contribution in [0.25, 0.3) is 0 Å². The lowest BCUT2D eigenvalue weighted by Crippen LogP contribution is -2.44. The molecule has 0 aliphatic carbocycles. The van der Waals surface area contributed by atoms with Crippen LogP contribution in [0.15, 0.2) is 182 Å². The van der Waals surface area contributed by atoms with Crippen LogP contribution in [-0.2, 0) is 33.3 Å². The van der Waals surface area contributed by atoms with E-state index in [0.29, 0.717) is 23.9 Å². The molecular formula is C78H123NO8. The van der Waals surface area contributed by atoms with Gasteiger partial charge in [0.15, 0.2) is 12.4 Å². The van der Waals surface area contributed by atoms with E-state index in [1.807, 2.05) is 21.1 Å². The quantitative estimate of drug-likeness (QED) is 0.0195. The molecule has 0 aliphatic rings. The van der Waals surface area contributed by atoms with Crippen molar-refractivity contribution in [1.29, 1.82) is 0 Å². The second kappa shape index (κ2) is 66.3. The molecule has 0 fully saturated rings. The first-order valence-corrected chi connectivity index (χ1v) is 33.9. The number of hydrogen-bond acceptors (Lipinski definition) is 8. The van der Waals surface area contributed by atoms with Gasteiger partial charge >= 0.3 is 11.9 Å². The van der Waals surface area contributed by atoms with E-state index < -0.39 is 24.3 Å². The van der Waals surface area contributed by atoms with Crippen LogP contribution in [0.2, 0.25) is 0 Å². The summed E-state index contributed by atoms with van der Waals surface area (Å²) in [6.45, 7) is 4.47. The zero-order chi connectivity index (χ0) is 63.3. The number of esters is 2. The molecule has 0 saturated heterocycles. The Labute approximate surface area is 532 Å². The van der Waals surface area contributed by atoms with Crippen molar-refractivity contribution in [3.63, 3.8) is 0 Å². The van der Waals surface area contributed by atoms with E-state index in [4.69, 9.17) is 18.9 Å². The Morgan fingerprint density at radius 1 is 0.345 bits per heavy atom. The van der Waals surface area contributed by atoms with Gasteiger partial charge in [-0.15, -0.1) is 0 Å². The largest absolute Gasteiger partial charge is 0.545 e. The number of unbranched alkanes of at least 4 members (excludes halogenated alkanes) is 15. The zero-order valence-corrected chi connectivity index (χ0v) is 55.6. The van der Waals surface area contributed by atoms with Gasteiger partial charge < -0.3 is 33.3 Å². The lowest BCUT2D eigenvalue weighted by Gasteiger charge is -2.26. The minimum absolute atomic E-state index is 0.134. The van der Waals surface area contributed by atoms with Crippen molar-refractivity contribution in [3.05, 3.63) is 182 Å². The summed E-state index contributed by atoms with van der Waals surface area (Å²) in [5.41, 5.74) is 0. The van der Waals surface area contributed by atoms with Gasteiger partial charge in [-0.05, 0) is 135 Å². The molecule has 488 valence electrons. The fourth-order valence-electron chi connectivity index (χ4n) is 8.53. The Balaban J connectivity index is 4.20. The molecule has 0 heterocycles. The molecule has 0 aliphatic heterocycles. The van der Waals surface area contributed by atoms with E-state index in [-0.39, 0.29) is 38.6 Å². The lowest BCUT2D eigenvalue weighted by molar-refractivity contribution is -0.870. The molecule has 0 N–H and O–H groups in total. The second-order valence-electron chi connectivity index (χ2n) is 23.0. The van der Waals surface area contributed by atoms with Crippen LogP contribution in [0.3, 0.4) is 0 Å². The number of carbonyl (C=O) groups is 3. The normalized spacial score (nSPS) is 13.9.